The Morgan fingerprint density at radius 3 is 2.33 bits per heavy atom. The smallest absolute Gasteiger partial charge is 0.253 e. The van der Waals surface area contributed by atoms with Crippen LogP contribution >= 0.6 is 11.6 Å². The molecule has 24 heavy (non-hydrogen) atoms. The van der Waals surface area contributed by atoms with E-state index in [-0.39, 0.29) is 22.8 Å². The van der Waals surface area contributed by atoms with E-state index in [1.54, 1.807) is 48.5 Å². The molecule has 0 aliphatic heterocycles. The SMILES string of the molecule is NC(=O)[C@H](CC[S@](=O)c1ccccc1)NC(=O)c1ccccc1Cl. The van der Waals surface area contributed by atoms with Crippen LogP contribution in [-0.4, -0.2) is 27.8 Å². The maximum absolute atomic E-state index is 12.2. The second-order valence-electron chi connectivity index (χ2n) is 5.06. The van der Waals surface area contributed by atoms with E-state index in [2.05, 4.69) is 5.32 Å². The number of nitrogens with one attached hydrogen (secondary N) is 1. The topological polar surface area (TPSA) is 89.3 Å². The summed E-state index contributed by atoms with van der Waals surface area (Å²) in [6, 6.07) is 14.5. The van der Waals surface area contributed by atoms with Gasteiger partial charge in [0.25, 0.3) is 5.91 Å². The van der Waals surface area contributed by atoms with Gasteiger partial charge in [-0.2, -0.15) is 0 Å². The number of rotatable bonds is 7. The molecule has 2 atom stereocenters. The zero-order chi connectivity index (χ0) is 17.5. The fourth-order valence-corrected chi connectivity index (χ4v) is 3.45. The van der Waals surface area contributed by atoms with Gasteiger partial charge in [0.15, 0.2) is 0 Å². The number of primary amides is 1. The van der Waals surface area contributed by atoms with Gasteiger partial charge in [-0.05, 0) is 30.7 Å². The zero-order valence-corrected chi connectivity index (χ0v) is 14.3. The largest absolute Gasteiger partial charge is 0.368 e. The number of halogens is 1. The Hall–Kier alpha value is -2.18. The van der Waals surface area contributed by atoms with Gasteiger partial charge in [-0.1, -0.05) is 41.9 Å². The van der Waals surface area contributed by atoms with Crippen LogP contribution in [0.2, 0.25) is 5.02 Å². The highest BCUT2D eigenvalue weighted by atomic mass is 35.5. The number of nitrogens with two attached hydrogens (primary N) is 1. The summed E-state index contributed by atoms with van der Waals surface area (Å²) in [5.41, 5.74) is 5.60. The van der Waals surface area contributed by atoms with E-state index in [1.807, 2.05) is 6.07 Å². The molecule has 0 radical (unpaired) electrons. The first kappa shape index (κ1) is 18.2. The molecule has 0 aliphatic rings. The summed E-state index contributed by atoms with van der Waals surface area (Å²) in [6.45, 7) is 0. The molecule has 2 aromatic carbocycles. The first-order chi connectivity index (χ1) is 11.5. The number of carbonyl (C=O) groups is 2. The van der Waals surface area contributed by atoms with Crippen molar-refractivity contribution in [1.29, 1.82) is 0 Å². The summed E-state index contributed by atoms with van der Waals surface area (Å²) in [7, 11) is -1.27. The lowest BCUT2D eigenvalue weighted by Gasteiger charge is -2.15. The Morgan fingerprint density at radius 2 is 1.71 bits per heavy atom. The zero-order valence-electron chi connectivity index (χ0n) is 12.8. The summed E-state index contributed by atoms with van der Waals surface area (Å²) in [5, 5.41) is 2.83. The van der Waals surface area contributed by atoms with Crippen molar-refractivity contribution in [3.8, 4) is 0 Å². The molecule has 0 heterocycles. The highest BCUT2D eigenvalue weighted by Gasteiger charge is 2.21. The predicted octanol–water partition coefficient (Wildman–Crippen LogP) is 2.12. The van der Waals surface area contributed by atoms with Crippen LogP contribution in [0.25, 0.3) is 0 Å². The number of hydrogen-bond donors (Lipinski definition) is 2. The van der Waals surface area contributed by atoms with Crippen LogP contribution in [-0.2, 0) is 15.6 Å². The van der Waals surface area contributed by atoms with Gasteiger partial charge in [0.05, 0.1) is 21.4 Å². The Labute approximate surface area is 147 Å². The lowest BCUT2D eigenvalue weighted by atomic mass is 10.1. The third-order valence-electron chi connectivity index (χ3n) is 3.37. The standard InChI is InChI=1S/C17H17ClN2O3S/c18-14-9-5-4-8-13(14)17(22)20-15(16(19)21)10-11-24(23)12-6-2-1-3-7-12/h1-9,15H,10-11H2,(H2,19,21)(H,20,22)/t15-,24-/m0/s1. The van der Waals surface area contributed by atoms with Crippen LogP contribution in [0.15, 0.2) is 59.5 Å². The van der Waals surface area contributed by atoms with Crippen LogP contribution in [0.4, 0.5) is 0 Å². The fourth-order valence-electron chi connectivity index (χ4n) is 2.08. The molecule has 7 heteroatoms. The van der Waals surface area contributed by atoms with E-state index >= 15 is 0 Å². The lowest BCUT2D eigenvalue weighted by Crippen LogP contribution is -2.45. The first-order valence-corrected chi connectivity index (χ1v) is 8.97. The van der Waals surface area contributed by atoms with E-state index in [1.165, 1.54) is 0 Å². The van der Waals surface area contributed by atoms with Crippen molar-refractivity contribution < 1.29 is 13.8 Å². The molecule has 0 saturated heterocycles. The summed E-state index contributed by atoms with van der Waals surface area (Å²) in [5.74, 6) is -0.962. The quantitative estimate of drug-likeness (QED) is 0.788. The number of carbonyl (C=O) groups excluding carboxylic acids is 2. The molecule has 0 unspecified atom stereocenters. The Bertz CT molecular complexity index is 753. The van der Waals surface area contributed by atoms with Crippen molar-refractivity contribution in [3.05, 3.63) is 65.2 Å². The molecule has 0 aromatic heterocycles. The van der Waals surface area contributed by atoms with Crippen molar-refractivity contribution in [2.24, 2.45) is 5.73 Å². The molecule has 2 amide bonds. The van der Waals surface area contributed by atoms with Gasteiger partial charge in [0, 0.05) is 10.6 Å². The van der Waals surface area contributed by atoms with Gasteiger partial charge < -0.3 is 11.1 Å². The van der Waals surface area contributed by atoms with E-state index in [0.717, 1.165) is 0 Å². The minimum absolute atomic E-state index is 0.174. The Kier molecular flexibility index (Phi) is 6.52. The van der Waals surface area contributed by atoms with Gasteiger partial charge in [-0.15, -0.1) is 0 Å². The second-order valence-corrected chi connectivity index (χ2v) is 7.04. The molecule has 0 spiro atoms. The van der Waals surface area contributed by atoms with Crippen molar-refractivity contribution in [2.45, 2.75) is 17.4 Å². The maximum atomic E-state index is 12.2. The molecule has 0 aliphatic carbocycles. The van der Waals surface area contributed by atoms with Gasteiger partial charge in [-0.3, -0.25) is 13.8 Å². The van der Waals surface area contributed by atoms with Crippen molar-refractivity contribution in [2.75, 3.05) is 5.75 Å². The molecule has 0 saturated carbocycles. The number of hydrogen-bond acceptors (Lipinski definition) is 3. The van der Waals surface area contributed by atoms with Gasteiger partial charge in [0.1, 0.15) is 6.04 Å². The van der Waals surface area contributed by atoms with Gasteiger partial charge in [0.2, 0.25) is 5.91 Å². The second kappa shape index (κ2) is 8.61. The first-order valence-electron chi connectivity index (χ1n) is 7.27. The predicted molar refractivity (Wildman–Crippen MR) is 94.2 cm³/mol. The van der Waals surface area contributed by atoms with E-state index in [0.29, 0.717) is 4.90 Å². The average Bonchev–Trinajstić information content (AvgIpc) is 2.59. The molecule has 5 nitrogen and oxygen atoms in total. The van der Waals surface area contributed by atoms with Crippen LogP contribution < -0.4 is 11.1 Å². The Balaban J connectivity index is 2.00. The average molecular weight is 365 g/mol. The van der Waals surface area contributed by atoms with Gasteiger partial charge in [-0.25, -0.2) is 0 Å². The maximum Gasteiger partial charge on any atom is 0.253 e. The van der Waals surface area contributed by atoms with E-state index in [4.69, 9.17) is 17.3 Å². The lowest BCUT2D eigenvalue weighted by molar-refractivity contribution is -0.119. The third-order valence-corrected chi connectivity index (χ3v) is 5.10. The molecule has 3 N–H and O–H groups in total. The van der Waals surface area contributed by atoms with Crippen LogP contribution in [0.1, 0.15) is 16.8 Å². The monoisotopic (exact) mass is 364 g/mol. The third kappa shape index (κ3) is 4.91. The molecule has 126 valence electrons. The van der Waals surface area contributed by atoms with Crippen molar-refractivity contribution in [1.82, 2.24) is 5.32 Å². The molecule has 2 rings (SSSR count). The van der Waals surface area contributed by atoms with Gasteiger partial charge >= 0.3 is 0 Å². The summed E-state index contributed by atoms with van der Waals surface area (Å²) in [6.07, 6.45) is 0.174. The molecular formula is C17H17ClN2O3S. The van der Waals surface area contributed by atoms with Crippen LogP contribution in [0.5, 0.6) is 0 Å². The molecule has 2 aromatic rings. The summed E-state index contributed by atoms with van der Waals surface area (Å²) >= 11 is 5.96. The molecule has 0 fully saturated rings. The van der Waals surface area contributed by atoms with Crippen LogP contribution in [0.3, 0.4) is 0 Å². The van der Waals surface area contributed by atoms with E-state index in [9.17, 15) is 13.8 Å². The van der Waals surface area contributed by atoms with Crippen molar-refractivity contribution >= 4 is 34.2 Å². The van der Waals surface area contributed by atoms with Crippen molar-refractivity contribution in [3.63, 3.8) is 0 Å². The minimum Gasteiger partial charge on any atom is -0.368 e. The molecular weight excluding hydrogens is 348 g/mol. The Morgan fingerprint density at radius 1 is 1.08 bits per heavy atom. The highest BCUT2D eigenvalue weighted by molar-refractivity contribution is 7.85. The van der Waals surface area contributed by atoms with E-state index < -0.39 is 28.7 Å². The summed E-state index contributed by atoms with van der Waals surface area (Å²) < 4.78 is 12.2. The fraction of sp³-hybridized carbons (Fsp3) is 0.176. The number of benzene rings is 2. The highest BCUT2D eigenvalue weighted by Crippen LogP contribution is 2.15. The molecule has 0 bridgehead atoms. The van der Waals surface area contributed by atoms with Crippen LogP contribution in [0, 0.1) is 0 Å². The summed E-state index contributed by atoms with van der Waals surface area (Å²) in [4.78, 5) is 24.5. The normalized spacial score (nSPS) is 13.0. The minimum atomic E-state index is -1.27. The number of amides is 2.